The second-order valence-electron chi connectivity index (χ2n) is 16.8. The first-order valence-electron chi connectivity index (χ1n) is 19.5. The van der Waals surface area contributed by atoms with Gasteiger partial charge in [-0.25, -0.2) is 9.18 Å². The van der Waals surface area contributed by atoms with E-state index in [1.165, 1.54) is 24.3 Å². The molecule has 1 spiro atoms. The van der Waals surface area contributed by atoms with E-state index in [-0.39, 0.29) is 40.5 Å². The number of nitrogens with zero attached hydrogens (tertiary/aromatic N) is 1. The number of aliphatic hydroxyl groups excluding tert-OH is 1. The summed E-state index contributed by atoms with van der Waals surface area (Å²) < 4.78 is 31.1. The third-order valence-corrected chi connectivity index (χ3v) is 14.5. The van der Waals surface area contributed by atoms with Gasteiger partial charge in [0.1, 0.15) is 17.2 Å². The molecule has 6 aliphatic rings. The summed E-state index contributed by atoms with van der Waals surface area (Å²) in [6.07, 6.45) is 8.24. The zero-order valence-corrected chi connectivity index (χ0v) is 31.5. The molecule has 3 saturated carbocycles. The van der Waals surface area contributed by atoms with Crippen molar-refractivity contribution in [1.82, 2.24) is 4.90 Å². The average Bonchev–Trinajstić information content (AvgIpc) is 3.37. The number of rotatable bonds is 9. The van der Waals surface area contributed by atoms with Crippen molar-refractivity contribution in [1.29, 1.82) is 0 Å². The smallest absolute Gasteiger partial charge is 0.426 e. The number of piperidine rings is 1. The monoisotopic (exact) mass is 761 g/mol. The van der Waals surface area contributed by atoms with Crippen LogP contribution < -0.4 is 0 Å². The van der Waals surface area contributed by atoms with Crippen LogP contribution >= 0.6 is 11.6 Å². The molecule has 7 atom stereocenters. The SMILES string of the molecule is C[C@]12CCC(=O)C=C1CC[C@@H]1[C@@H]2[C@@H](O)C[C@]23CO[C@]2(C(=O)COC(=O)O/C(=C\CCN2CCC(O)(c4ccc(Cl)cc4)CC2)c2ccc(F)cc2)CC[C@@H]13. The predicted octanol–water partition coefficient (Wildman–Crippen LogP) is 7.17. The van der Waals surface area contributed by atoms with Crippen LogP contribution in [0.25, 0.3) is 5.76 Å². The third-order valence-electron chi connectivity index (χ3n) is 14.2. The van der Waals surface area contributed by atoms with Gasteiger partial charge in [-0.3, -0.25) is 9.59 Å². The van der Waals surface area contributed by atoms with Gasteiger partial charge in [-0.15, -0.1) is 0 Å². The number of carbonyl (C=O) groups is 3. The highest BCUT2D eigenvalue weighted by atomic mass is 35.5. The maximum absolute atomic E-state index is 14.0. The van der Waals surface area contributed by atoms with Crippen LogP contribution in [-0.4, -0.2) is 77.4 Å². The highest BCUT2D eigenvalue weighted by Gasteiger charge is 2.76. The van der Waals surface area contributed by atoms with Crippen molar-refractivity contribution in [2.45, 2.75) is 88.4 Å². The van der Waals surface area contributed by atoms with Gasteiger partial charge in [-0.2, -0.15) is 0 Å². The molecular weight excluding hydrogens is 713 g/mol. The van der Waals surface area contributed by atoms with E-state index in [0.717, 1.165) is 36.8 Å². The molecule has 54 heavy (non-hydrogen) atoms. The largest absolute Gasteiger partial charge is 0.514 e. The molecule has 2 saturated heterocycles. The van der Waals surface area contributed by atoms with E-state index in [1.54, 1.807) is 18.2 Å². The standard InChI is InChI=1S/C43H49ClFNO8/c1-40-16-14-32(47)23-29(40)8-13-33-34-15-17-43(41(34,26-53-43)24-35(48)38(33)40)37(49)25-52-39(50)54-36(27-4-11-31(45)12-5-27)3-2-20-46-21-18-42(51,19-22-46)28-6-9-30(44)10-7-28/h3-7,9-12,23,33-35,38,48,51H,2,8,13-22,24-26H2,1H3/b36-3-/t33-,34-,35-,38+,40-,41+,43-/m0/s1. The van der Waals surface area contributed by atoms with Gasteiger partial charge in [0, 0.05) is 42.1 Å². The number of allylic oxidation sites excluding steroid dienone is 1. The summed E-state index contributed by atoms with van der Waals surface area (Å²) in [5.74, 6) is 0.0693. The van der Waals surface area contributed by atoms with Gasteiger partial charge in [-0.05, 0) is 135 Å². The highest BCUT2D eigenvalue weighted by Crippen LogP contribution is 2.71. The molecule has 2 aromatic carbocycles. The molecule has 2 heterocycles. The van der Waals surface area contributed by atoms with E-state index >= 15 is 0 Å². The van der Waals surface area contributed by atoms with Gasteiger partial charge in [-0.1, -0.05) is 36.2 Å². The van der Waals surface area contributed by atoms with Crippen LogP contribution in [-0.2, 0) is 29.4 Å². The number of Topliss-reactive ketones (excluding diaryl/α,β-unsaturated/α-hetero) is 1. The number of ketones is 2. The lowest BCUT2D eigenvalue weighted by Gasteiger charge is -2.65. The first-order valence-corrected chi connectivity index (χ1v) is 19.8. The van der Waals surface area contributed by atoms with Crippen molar-refractivity contribution in [2.75, 3.05) is 32.8 Å². The Morgan fingerprint density at radius 2 is 1.78 bits per heavy atom. The second-order valence-corrected chi connectivity index (χ2v) is 17.2. The molecule has 9 nitrogen and oxygen atoms in total. The third kappa shape index (κ3) is 6.36. The first kappa shape index (κ1) is 37.5. The lowest BCUT2D eigenvalue weighted by Crippen LogP contribution is -2.72. The number of halogens is 2. The van der Waals surface area contributed by atoms with Crippen LogP contribution in [0.15, 0.2) is 66.3 Å². The van der Waals surface area contributed by atoms with Crippen molar-refractivity contribution in [3.8, 4) is 0 Å². The number of hydrogen-bond donors (Lipinski definition) is 2. The fourth-order valence-electron chi connectivity index (χ4n) is 11.4. The molecule has 4 aliphatic carbocycles. The number of hydrogen-bond acceptors (Lipinski definition) is 9. The molecule has 2 N–H and O–H groups in total. The molecule has 11 heteroatoms. The molecule has 0 bridgehead atoms. The van der Waals surface area contributed by atoms with Crippen molar-refractivity contribution < 1.29 is 43.2 Å². The summed E-state index contributed by atoms with van der Waals surface area (Å²) in [6, 6.07) is 12.9. The number of benzene rings is 2. The van der Waals surface area contributed by atoms with E-state index in [2.05, 4.69) is 11.8 Å². The topological polar surface area (TPSA) is 123 Å². The van der Waals surface area contributed by atoms with Crippen LogP contribution in [0.4, 0.5) is 9.18 Å². The number of ether oxygens (including phenoxy) is 3. The number of carbonyl (C=O) groups excluding carboxylic acids is 3. The van der Waals surface area contributed by atoms with Gasteiger partial charge < -0.3 is 29.3 Å². The van der Waals surface area contributed by atoms with Gasteiger partial charge >= 0.3 is 6.16 Å². The van der Waals surface area contributed by atoms with Crippen LogP contribution in [0, 0.1) is 34.4 Å². The van der Waals surface area contributed by atoms with Crippen molar-refractivity contribution >= 4 is 35.1 Å². The van der Waals surface area contributed by atoms with Crippen molar-refractivity contribution in [2.24, 2.45) is 28.6 Å². The first-order chi connectivity index (χ1) is 25.9. The Morgan fingerprint density at radius 1 is 1.04 bits per heavy atom. The molecule has 288 valence electrons. The van der Waals surface area contributed by atoms with Crippen molar-refractivity contribution in [3.63, 3.8) is 0 Å². The van der Waals surface area contributed by atoms with Gasteiger partial charge in [0.25, 0.3) is 0 Å². The fourth-order valence-corrected chi connectivity index (χ4v) is 11.5. The van der Waals surface area contributed by atoms with Gasteiger partial charge in [0.15, 0.2) is 12.4 Å². The molecule has 5 fully saturated rings. The fraction of sp³-hybridized carbons (Fsp3) is 0.558. The zero-order chi connectivity index (χ0) is 37.9. The molecule has 0 unspecified atom stereocenters. The van der Waals surface area contributed by atoms with Crippen LogP contribution in [0.1, 0.15) is 82.3 Å². The van der Waals surface area contributed by atoms with Gasteiger partial charge in [0.05, 0.1) is 18.3 Å². The number of likely N-dealkylation sites (tertiary alicyclic amines) is 1. The average molecular weight is 762 g/mol. The Kier molecular flexibility index (Phi) is 9.91. The summed E-state index contributed by atoms with van der Waals surface area (Å²) in [5.41, 5.74) is -0.281. The number of fused-ring (bicyclic) bond motifs is 4. The normalized spacial score (nSPS) is 34.4. The maximum Gasteiger partial charge on any atom is 0.514 e. The van der Waals surface area contributed by atoms with Crippen LogP contribution in [0.5, 0.6) is 0 Å². The van der Waals surface area contributed by atoms with Crippen LogP contribution in [0.3, 0.4) is 0 Å². The molecule has 2 aromatic rings. The Balaban J connectivity index is 0.896. The molecular formula is C43H49ClFNO8. The minimum absolute atomic E-state index is 0.0307. The molecule has 0 radical (unpaired) electrons. The molecule has 2 aliphatic heterocycles. The molecule has 0 amide bonds. The van der Waals surface area contributed by atoms with E-state index in [4.69, 9.17) is 25.8 Å². The highest BCUT2D eigenvalue weighted by molar-refractivity contribution is 6.30. The zero-order valence-electron chi connectivity index (χ0n) is 30.7. The Bertz CT molecular complexity index is 1850. The van der Waals surface area contributed by atoms with E-state index < -0.39 is 41.3 Å². The summed E-state index contributed by atoms with van der Waals surface area (Å²) in [5, 5.41) is 23.7. The Labute approximate surface area is 320 Å². The van der Waals surface area contributed by atoms with E-state index in [9.17, 15) is 29.0 Å². The van der Waals surface area contributed by atoms with E-state index in [0.29, 0.717) is 75.4 Å². The summed E-state index contributed by atoms with van der Waals surface area (Å²) in [4.78, 5) is 41.6. The Hall–Kier alpha value is -3.41. The predicted molar refractivity (Wildman–Crippen MR) is 199 cm³/mol. The lowest BCUT2D eigenvalue weighted by atomic mass is 9.44. The maximum atomic E-state index is 14.0. The van der Waals surface area contributed by atoms with E-state index in [1.807, 2.05) is 18.2 Å². The van der Waals surface area contributed by atoms with Gasteiger partial charge in [0.2, 0.25) is 5.78 Å². The summed E-state index contributed by atoms with van der Waals surface area (Å²) in [7, 11) is 0. The van der Waals surface area contributed by atoms with Crippen LogP contribution in [0.2, 0.25) is 5.02 Å². The molecule has 0 aromatic heterocycles. The lowest BCUT2D eigenvalue weighted by molar-refractivity contribution is -0.288. The molecule has 8 rings (SSSR count). The Morgan fingerprint density at radius 3 is 2.48 bits per heavy atom. The second kappa shape index (κ2) is 14.3. The van der Waals surface area contributed by atoms with Crippen molar-refractivity contribution in [3.05, 3.63) is 88.2 Å². The minimum Gasteiger partial charge on any atom is -0.426 e. The summed E-state index contributed by atoms with van der Waals surface area (Å²) >= 11 is 6.04. The number of aliphatic hydroxyl groups is 2. The minimum atomic E-state index is -1.12. The quantitative estimate of drug-likeness (QED) is 0.202. The summed E-state index contributed by atoms with van der Waals surface area (Å²) in [6.45, 7) is 4.06.